The molecule has 0 saturated heterocycles. The molecule has 1 unspecified atom stereocenters. The van der Waals surface area contributed by atoms with E-state index in [9.17, 15) is 4.79 Å². The van der Waals surface area contributed by atoms with Gasteiger partial charge < -0.3 is 20.5 Å². The van der Waals surface area contributed by atoms with Gasteiger partial charge >= 0.3 is 0 Å². The van der Waals surface area contributed by atoms with Crippen LogP contribution in [0.3, 0.4) is 0 Å². The molecule has 0 bridgehead atoms. The molecule has 1 amide bonds. The van der Waals surface area contributed by atoms with E-state index >= 15 is 8.78 Å². The van der Waals surface area contributed by atoms with Crippen LogP contribution in [0.25, 0.3) is 0 Å². The minimum atomic E-state index is -3.41. The number of rotatable bonds is 2. The van der Waals surface area contributed by atoms with Crippen LogP contribution in [0.1, 0.15) is 22.5 Å². The van der Waals surface area contributed by atoms with Crippen molar-refractivity contribution < 1.29 is 23.0 Å². The SMILES string of the molecule is NC1=NC2(CCOc3ccccc32)C(F)(F)CO[C@H]1NC(=O)c1ncc(Cl)cc1Cl. The van der Waals surface area contributed by atoms with E-state index in [2.05, 4.69) is 15.3 Å². The first kappa shape index (κ1) is 20.8. The smallest absolute Gasteiger partial charge is 0.300 e. The van der Waals surface area contributed by atoms with Crippen LogP contribution in [0.4, 0.5) is 8.78 Å². The maximum atomic E-state index is 15.3. The van der Waals surface area contributed by atoms with E-state index in [0.717, 1.165) is 0 Å². The zero-order valence-corrected chi connectivity index (χ0v) is 16.9. The highest BCUT2D eigenvalue weighted by Gasteiger charge is 2.59. The lowest BCUT2D eigenvalue weighted by Gasteiger charge is -2.39. The van der Waals surface area contributed by atoms with Gasteiger partial charge in [-0.05, 0) is 12.1 Å². The summed E-state index contributed by atoms with van der Waals surface area (Å²) in [7, 11) is 0. The molecule has 4 rings (SSSR count). The van der Waals surface area contributed by atoms with Gasteiger partial charge in [-0.3, -0.25) is 9.79 Å². The molecule has 0 fully saturated rings. The number of benzene rings is 1. The lowest BCUT2D eigenvalue weighted by atomic mass is 9.79. The second-order valence-electron chi connectivity index (χ2n) is 6.84. The van der Waals surface area contributed by atoms with E-state index in [1.54, 1.807) is 18.2 Å². The van der Waals surface area contributed by atoms with E-state index in [1.165, 1.54) is 18.3 Å². The fourth-order valence-electron chi connectivity index (χ4n) is 3.51. The standard InChI is InChI=1S/C19H16Cl2F2N4O3/c20-10-7-12(21)14(25-8-10)16(28)26-17-15(24)27-18(19(22,23)9-30-17)5-6-29-13-4-2-1-3-11(13)18/h1-4,7-8,17H,5-6,9H2,(H2,24,27)(H,26,28)/t17-,18?/m1/s1. The Balaban J connectivity index is 1.69. The van der Waals surface area contributed by atoms with Crippen molar-refractivity contribution in [3.05, 3.63) is 57.8 Å². The molecule has 158 valence electrons. The molecule has 11 heteroatoms. The molecule has 2 aliphatic heterocycles. The number of nitrogens with one attached hydrogen (secondary N) is 1. The molecule has 7 nitrogen and oxygen atoms in total. The van der Waals surface area contributed by atoms with Crippen molar-refractivity contribution in [2.45, 2.75) is 24.1 Å². The highest BCUT2D eigenvalue weighted by molar-refractivity contribution is 6.36. The maximum absolute atomic E-state index is 15.3. The van der Waals surface area contributed by atoms with E-state index in [1.807, 2.05) is 0 Å². The first-order valence-electron chi connectivity index (χ1n) is 8.92. The Bertz CT molecular complexity index is 1040. The maximum Gasteiger partial charge on any atom is 0.300 e. The van der Waals surface area contributed by atoms with Crippen molar-refractivity contribution in [2.24, 2.45) is 10.7 Å². The Labute approximate surface area is 180 Å². The summed E-state index contributed by atoms with van der Waals surface area (Å²) in [4.78, 5) is 20.6. The van der Waals surface area contributed by atoms with Gasteiger partial charge in [0.05, 0.1) is 16.7 Å². The van der Waals surface area contributed by atoms with Crippen molar-refractivity contribution in [2.75, 3.05) is 13.2 Å². The number of aromatic nitrogens is 1. The number of amides is 1. The Morgan fingerprint density at radius 2 is 2.07 bits per heavy atom. The third-order valence-electron chi connectivity index (χ3n) is 4.96. The summed E-state index contributed by atoms with van der Waals surface area (Å²) in [5.41, 5.74) is 4.10. The topological polar surface area (TPSA) is 98.8 Å². The summed E-state index contributed by atoms with van der Waals surface area (Å²) in [6.07, 6.45) is -0.270. The molecule has 1 spiro atoms. The number of fused-ring (bicyclic) bond motifs is 2. The van der Waals surface area contributed by atoms with Crippen LogP contribution in [0.5, 0.6) is 5.75 Å². The average Bonchev–Trinajstić information content (AvgIpc) is 2.78. The molecular formula is C19H16Cl2F2N4O3. The Kier molecular flexibility index (Phi) is 5.29. The van der Waals surface area contributed by atoms with Gasteiger partial charge in [0, 0.05) is 18.2 Å². The molecule has 3 heterocycles. The lowest BCUT2D eigenvalue weighted by Crippen LogP contribution is -2.49. The highest BCUT2D eigenvalue weighted by atomic mass is 35.5. The average molecular weight is 457 g/mol. The van der Waals surface area contributed by atoms with Crippen LogP contribution in [-0.4, -0.2) is 42.1 Å². The van der Waals surface area contributed by atoms with Gasteiger partial charge in [0.2, 0.25) is 0 Å². The number of ether oxygens (including phenoxy) is 2. The zero-order chi connectivity index (χ0) is 21.5. The number of para-hydroxylation sites is 1. The van der Waals surface area contributed by atoms with E-state index < -0.39 is 30.2 Å². The summed E-state index contributed by atoms with van der Waals surface area (Å²) in [5.74, 6) is -4.18. The van der Waals surface area contributed by atoms with Crippen molar-refractivity contribution >= 4 is 34.9 Å². The summed E-state index contributed by atoms with van der Waals surface area (Å²) >= 11 is 11.8. The fourth-order valence-corrected chi connectivity index (χ4v) is 3.98. The molecule has 1 aromatic carbocycles. The van der Waals surface area contributed by atoms with Gasteiger partial charge in [-0.25, -0.2) is 13.8 Å². The Hall–Kier alpha value is -2.49. The number of nitrogens with zero attached hydrogens (tertiary/aromatic N) is 2. The quantitative estimate of drug-likeness (QED) is 0.722. The van der Waals surface area contributed by atoms with Crippen molar-refractivity contribution in [3.8, 4) is 5.75 Å². The Morgan fingerprint density at radius 1 is 1.30 bits per heavy atom. The molecule has 1 aromatic heterocycles. The zero-order valence-electron chi connectivity index (χ0n) is 15.4. The lowest BCUT2D eigenvalue weighted by molar-refractivity contribution is -0.140. The number of amidine groups is 1. The predicted octanol–water partition coefficient (Wildman–Crippen LogP) is 3.15. The van der Waals surface area contributed by atoms with E-state index in [-0.39, 0.29) is 40.2 Å². The van der Waals surface area contributed by atoms with Crippen molar-refractivity contribution in [1.82, 2.24) is 10.3 Å². The minimum Gasteiger partial charge on any atom is -0.493 e. The van der Waals surface area contributed by atoms with Crippen LogP contribution < -0.4 is 15.8 Å². The van der Waals surface area contributed by atoms with Gasteiger partial charge in [-0.1, -0.05) is 41.4 Å². The molecule has 2 aliphatic rings. The van der Waals surface area contributed by atoms with Gasteiger partial charge in [0.15, 0.2) is 11.8 Å². The summed E-state index contributed by atoms with van der Waals surface area (Å²) in [6, 6.07) is 7.75. The van der Waals surface area contributed by atoms with Crippen LogP contribution in [0, 0.1) is 0 Å². The molecule has 2 aromatic rings. The molecule has 0 radical (unpaired) electrons. The third-order valence-corrected chi connectivity index (χ3v) is 5.46. The number of alkyl halides is 2. The normalized spacial score (nSPS) is 24.9. The first-order valence-corrected chi connectivity index (χ1v) is 9.68. The molecule has 0 saturated carbocycles. The minimum absolute atomic E-state index is 0.00992. The van der Waals surface area contributed by atoms with Gasteiger partial charge in [0.1, 0.15) is 23.9 Å². The second kappa shape index (κ2) is 7.64. The monoisotopic (exact) mass is 456 g/mol. The van der Waals surface area contributed by atoms with Gasteiger partial charge in [-0.2, -0.15) is 0 Å². The first-order chi connectivity index (χ1) is 14.2. The highest BCUT2D eigenvalue weighted by Crippen LogP contribution is 2.50. The van der Waals surface area contributed by atoms with Crippen LogP contribution >= 0.6 is 23.2 Å². The molecule has 30 heavy (non-hydrogen) atoms. The van der Waals surface area contributed by atoms with Crippen LogP contribution in [0.2, 0.25) is 10.0 Å². The van der Waals surface area contributed by atoms with E-state index in [0.29, 0.717) is 5.75 Å². The largest absolute Gasteiger partial charge is 0.493 e. The molecule has 2 atom stereocenters. The van der Waals surface area contributed by atoms with Gasteiger partial charge in [0.25, 0.3) is 11.8 Å². The third kappa shape index (κ3) is 3.46. The number of hydrogen-bond acceptors (Lipinski definition) is 6. The number of carbonyl (C=O) groups excluding carboxylic acids is 1. The fraction of sp³-hybridized carbons (Fsp3) is 0.316. The summed E-state index contributed by atoms with van der Waals surface area (Å²) < 4.78 is 41.3. The molecular weight excluding hydrogens is 441 g/mol. The molecule has 0 aliphatic carbocycles. The van der Waals surface area contributed by atoms with Gasteiger partial charge in [-0.15, -0.1) is 0 Å². The predicted molar refractivity (Wildman–Crippen MR) is 106 cm³/mol. The summed E-state index contributed by atoms with van der Waals surface area (Å²) in [5, 5.41) is 2.63. The van der Waals surface area contributed by atoms with Crippen LogP contribution in [0.15, 0.2) is 41.5 Å². The second-order valence-corrected chi connectivity index (χ2v) is 7.69. The number of halogens is 4. The summed E-state index contributed by atoms with van der Waals surface area (Å²) in [6.45, 7) is -0.983. The number of nitrogens with two attached hydrogens (primary N) is 1. The van der Waals surface area contributed by atoms with Crippen molar-refractivity contribution in [1.29, 1.82) is 0 Å². The van der Waals surface area contributed by atoms with E-state index in [4.69, 9.17) is 38.4 Å². The van der Waals surface area contributed by atoms with Crippen LogP contribution in [-0.2, 0) is 10.3 Å². The Morgan fingerprint density at radius 3 is 2.83 bits per heavy atom. The molecule has 3 N–H and O–H groups in total. The number of aliphatic imine (C=N–C) groups is 1. The van der Waals surface area contributed by atoms with Crippen molar-refractivity contribution in [3.63, 3.8) is 0 Å². The number of hydrogen-bond donors (Lipinski definition) is 2. The number of carbonyl (C=O) groups is 1. The number of pyridine rings is 1.